The highest BCUT2D eigenvalue weighted by molar-refractivity contribution is 7.91. The van der Waals surface area contributed by atoms with E-state index in [0.29, 0.717) is 0 Å². The summed E-state index contributed by atoms with van der Waals surface area (Å²) in [6.07, 6.45) is 0. The minimum atomic E-state index is -3.02. The number of nitrogens with one attached hydrogen (secondary N) is 1. The van der Waals surface area contributed by atoms with Gasteiger partial charge < -0.3 is 10.4 Å². The van der Waals surface area contributed by atoms with Gasteiger partial charge in [0.1, 0.15) is 0 Å². The lowest BCUT2D eigenvalue weighted by Gasteiger charge is -2.11. The third-order valence-electron chi connectivity index (χ3n) is 1.55. The summed E-state index contributed by atoms with van der Waals surface area (Å²) in [6, 6.07) is -0.318. The molecule has 78 valence electrons. The van der Waals surface area contributed by atoms with Crippen molar-refractivity contribution in [2.45, 2.75) is 19.9 Å². The molecule has 6 heteroatoms. The highest BCUT2D eigenvalue weighted by Crippen LogP contribution is 1.93. The fourth-order valence-electron chi connectivity index (χ4n) is 0.819. The van der Waals surface area contributed by atoms with Crippen LogP contribution in [0.2, 0.25) is 0 Å². The SMILES string of the molecule is CCS(=O)(=O)CC(C)NCC(=O)O. The van der Waals surface area contributed by atoms with Gasteiger partial charge in [-0.05, 0) is 6.92 Å². The first kappa shape index (κ1) is 12.4. The Bertz CT molecular complexity index is 260. The van der Waals surface area contributed by atoms with E-state index < -0.39 is 15.8 Å². The molecule has 0 heterocycles. The first-order chi connectivity index (χ1) is 5.87. The van der Waals surface area contributed by atoms with E-state index in [4.69, 9.17) is 5.11 Å². The van der Waals surface area contributed by atoms with Crippen LogP contribution < -0.4 is 5.32 Å². The standard InChI is InChI=1S/C7H15NO4S/c1-3-13(11,12)5-6(2)8-4-7(9)10/h6,8H,3-5H2,1-2H3,(H,9,10). The Morgan fingerprint density at radius 3 is 2.46 bits per heavy atom. The molecule has 0 spiro atoms. The van der Waals surface area contributed by atoms with E-state index in [2.05, 4.69) is 5.32 Å². The molecular weight excluding hydrogens is 194 g/mol. The second-order valence-electron chi connectivity index (χ2n) is 2.87. The maximum Gasteiger partial charge on any atom is 0.317 e. The lowest BCUT2D eigenvalue weighted by molar-refractivity contribution is -0.136. The molecule has 0 rings (SSSR count). The third-order valence-corrected chi connectivity index (χ3v) is 3.43. The van der Waals surface area contributed by atoms with Crippen LogP contribution in [0.4, 0.5) is 0 Å². The third kappa shape index (κ3) is 6.53. The van der Waals surface area contributed by atoms with Crippen molar-refractivity contribution in [2.24, 2.45) is 0 Å². The van der Waals surface area contributed by atoms with Gasteiger partial charge in [0.25, 0.3) is 0 Å². The molecule has 0 aromatic rings. The van der Waals surface area contributed by atoms with E-state index in [1.165, 1.54) is 0 Å². The molecule has 0 aromatic carbocycles. The zero-order valence-electron chi connectivity index (χ0n) is 7.78. The average molecular weight is 209 g/mol. The van der Waals surface area contributed by atoms with Gasteiger partial charge in [-0.3, -0.25) is 4.79 Å². The zero-order valence-corrected chi connectivity index (χ0v) is 8.60. The lowest BCUT2D eigenvalue weighted by Crippen LogP contribution is -2.36. The summed E-state index contributed by atoms with van der Waals surface area (Å²) in [7, 11) is -3.02. The molecule has 0 amide bonds. The fourth-order valence-corrected chi connectivity index (χ4v) is 1.93. The molecule has 0 bridgehead atoms. The number of sulfone groups is 1. The van der Waals surface area contributed by atoms with E-state index in [0.717, 1.165) is 0 Å². The second-order valence-corrected chi connectivity index (χ2v) is 5.27. The number of hydrogen-bond donors (Lipinski definition) is 2. The van der Waals surface area contributed by atoms with Crippen LogP contribution in [0.5, 0.6) is 0 Å². The summed E-state index contributed by atoms with van der Waals surface area (Å²) >= 11 is 0. The van der Waals surface area contributed by atoms with Crippen molar-refractivity contribution in [3.8, 4) is 0 Å². The van der Waals surface area contributed by atoms with Gasteiger partial charge in [-0.15, -0.1) is 0 Å². The van der Waals surface area contributed by atoms with Crippen molar-refractivity contribution in [1.82, 2.24) is 5.32 Å². The summed E-state index contributed by atoms with van der Waals surface area (Å²) in [6.45, 7) is 3.01. The quantitative estimate of drug-likeness (QED) is 0.615. The van der Waals surface area contributed by atoms with Gasteiger partial charge in [-0.25, -0.2) is 8.42 Å². The molecular formula is C7H15NO4S. The predicted octanol–water partition coefficient (Wildman–Crippen LogP) is -0.516. The molecule has 1 unspecified atom stereocenters. The van der Waals surface area contributed by atoms with Crippen LogP contribution >= 0.6 is 0 Å². The minimum absolute atomic E-state index is 0.0171. The van der Waals surface area contributed by atoms with Gasteiger partial charge in [0.15, 0.2) is 9.84 Å². The molecule has 5 nitrogen and oxygen atoms in total. The van der Waals surface area contributed by atoms with Crippen molar-refractivity contribution in [1.29, 1.82) is 0 Å². The van der Waals surface area contributed by atoms with Crippen molar-refractivity contribution in [2.75, 3.05) is 18.1 Å². The molecule has 0 fully saturated rings. The maximum atomic E-state index is 11.1. The Kier molecular flexibility index (Phi) is 4.94. The molecule has 1 atom stereocenters. The Labute approximate surface area is 78.1 Å². The Morgan fingerprint density at radius 1 is 1.54 bits per heavy atom. The van der Waals surface area contributed by atoms with E-state index in [9.17, 15) is 13.2 Å². The van der Waals surface area contributed by atoms with Gasteiger partial charge in [0.2, 0.25) is 0 Å². The first-order valence-electron chi connectivity index (χ1n) is 4.03. The Balaban J connectivity index is 3.88. The van der Waals surface area contributed by atoms with Crippen LogP contribution in [-0.2, 0) is 14.6 Å². The van der Waals surface area contributed by atoms with E-state index >= 15 is 0 Å². The normalized spacial score (nSPS) is 14.0. The van der Waals surface area contributed by atoms with Gasteiger partial charge in [-0.1, -0.05) is 6.92 Å². The monoisotopic (exact) mass is 209 g/mol. The topological polar surface area (TPSA) is 83.5 Å². The number of carboxylic acids is 1. The minimum Gasteiger partial charge on any atom is -0.480 e. The van der Waals surface area contributed by atoms with Gasteiger partial charge >= 0.3 is 5.97 Å². The van der Waals surface area contributed by atoms with Crippen LogP contribution in [0.1, 0.15) is 13.8 Å². The van der Waals surface area contributed by atoms with Crippen molar-refractivity contribution in [3.63, 3.8) is 0 Å². The molecule has 0 saturated carbocycles. The highest BCUT2D eigenvalue weighted by Gasteiger charge is 2.13. The molecule has 13 heavy (non-hydrogen) atoms. The molecule has 0 saturated heterocycles. The summed E-state index contributed by atoms with van der Waals surface area (Å²) in [4.78, 5) is 10.1. The van der Waals surface area contributed by atoms with E-state index in [-0.39, 0.29) is 24.1 Å². The maximum absolute atomic E-state index is 11.1. The average Bonchev–Trinajstić information content (AvgIpc) is 2.00. The smallest absolute Gasteiger partial charge is 0.317 e. The number of hydrogen-bond acceptors (Lipinski definition) is 4. The Hall–Kier alpha value is -0.620. The molecule has 0 aliphatic carbocycles. The van der Waals surface area contributed by atoms with Crippen LogP contribution in [-0.4, -0.2) is 43.6 Å². The largest absolute Gasteiger partial charge is 0.480 e. The van der Waals surface area contributed by atoms with Crippen LogP contribution in [0.15, 0.2) is 0 Å². The second kappa shape index (κ2) is 5.18. The van der Waals surface area contributed by atoms with Crippen molar-refractivity contribution in [3.05, 3.63) is 0 Å². The van der Waals surface area contributed by atoms with E-state index in [1.54, 1.807) is 13.8 Å². The molecule has 0 radical (unpaired) electrons. The number of carboxylic acid groups (broad SMARTS) is 1. The first-order valence-corrected chi connectivity index (χ1v) is 5.85. The predicted molar refractivity (Wildman–Crippen MR) is 49.4 cm³/mol. The van der Waals surface area contributed by atoms with Crippen LogP contribution in [0.25, 0.3) is 0 Å². The molecule has 2 N–H and O–H groups in total. The summed E-state index contributed by atoms with van der Waals surface area (Å²) in [5, 5.41) is 10.9. The van der Waals surface area contributed by atoms with Gasteiger partial charge in [0.05, 0.1) is 12.3 Å². The number of rotatable bonds is 6. The Morgan fingerprint density at radius 2 is 2.08 bits per heavy atom. The fraction of sp³-hybridized carbons (Fsp3) is 0.857. The highest BCUT2D eigenvalue weighted by atomic mass is 32.2. The summed E-state index contributed by atoms with van der Waals surface area (Å²) in [5.74, 6) is -0.913. The number of carbonyl (C=O) groups is 1. The van der Waals surface area contributed by atoms with Gasteiger partial charge in [-0.2, -0.15) is 0 Å². The lowest BCUT2D eigenvalue weighted by atomic mass is 10.4. The molecule has 0 aliphatic rings. The van der Waals surface area contributed by atoms with Crippen molar-refractivity contribution < 1.29 is 18.3 Å². The molecule has 0 aliphatic heterocycles. The van der Waals surface area contributed by atoms with E-state index in [1.807, 2.05) is 0 Å². The molecule has 0 aromatic heterocycles. The summed E-state index contributed by atoms with van der Waals surface area (Å²) < 4.78 is 22.1. The summed E-state index contributed by atoms with van der Waals surface area (Å²) in [5.41, 5.74) is 0. The zero-order chi connectivity index (χ0) is 10.5. The van der Waals surface area contributed by atoms with Crippen LogP contribution in [0.3, 0.4) is 0 Å². The van der Waals surface area contributed by atoms with Crippen molar-refractivity contribution >= 4 is 15.8 Å². The number of aliphatic carboxylic acids is 1. The van der Waals surface area contributed by atoms with Gasteiger partial charge in [0, 0.05) is 11.8 Å². The van der Waals surface area contributed by atoms with Crippen LogP contribution in [0, 0.1) is 0 Å².